The van der Waals surface area contributed by atoms with Crippen LogP contribution >= 0.6 is 15.9 Å². The Kier molecular flexibility index (Phi) is 4.58. The molecule has 0 unspecified atom stereocenters. The second kappa shape index (κ2) is 5.30. The highest BCUT2D eigenvalue weighted by molar-refractivity contribution is 9.09. The SMILES string of the molecule is CS(=O)(=O)CC(=O)N(CCBr)C1CCC1. The van der Waals surface area contributed by atoms with Crippen LogP contribution in [0.25, 0.3) is 0 Å². The van der Waals surface area contributed by atoms with E-state index < -0.39 is 9.84 Å². The van der Waals surface area contributed by atoms with E-state index in [-0.39, 0.29) is 17.7 Å². The monoisotopic (exact) mass is 297 g/mol. The molecule has 1 saturated carbocycles. The quantitative estimate of drug-likeness (QED) is 0.706. The van der Waals surface area contributed by atoms with Crippen molar-refractivity contribution in [2.24, 2.45) is 0 Å². The number of sulfone groups is 1. The summed E-state index contributed by atoms with van der Waals surface area (Å²) >= 11 is 3.28. The van der Waals surface area contributed by atoms with E-state index in [9.17, 15) is 13.2 Å². The molecule has 0 spiro atoms. The Morgan fingerprint density at radius 1 is 1.47 bits per heavy atom. The Bertz CT molecular complexity index is 324. The van der Waals surface area contributed by atoms with Crippen LogP contribution in [0.2, 0.25) is 0 Å². The predicted molar refractivity (Wildman–Crippen MR) is 62.9 cm³/mol. The topological polar surface area (TPSA) is 54.5 Å². The van der Waals surface area contributed by atoms with Gasteiger partial charge in [0, 0.05) is 24.2 Å². The molecule has 0 heterocycles. The number of hydrogen-bond acceptors (Lipinski definition) is 3. The zero-order valence-electron chi connectivity index (χ0n) is 8.78. The Hall–Kier alpha value is -0.100. The van der Waals surface area contributed by atoms with Crippen LogP contribution in [-0.4, -0.2) is 49.2 Å². The Morgan fingerprint density at radius 2 is 2.07 bits per heavy atom. The lowest BCUT2D eigenvalue weighted by molar-refractivity contribution is -0.132. The number of amides is 1. The van der Waals surface area contributed by atoms with Crippen molar-refractivity contribution in [1.82, 2.24) is 4.90 Å². The first kappa shape index (κ1) is 13.0. The van der Waals surface area contributed by atoms with E-state index in [1.807, 2.05) is 0 Å². The molecule has 88 valence electrons. The van der Waals surface area contributed by atoms with Crippen molar-refractivity contribution in [3.8, 4) is 0 Å². The van der Waals surface area contributed by atoms with E-state index in [0.29, 0.717) is 11.9 Å². The molecule has 0 saturated heterocycles. The lowest BCUT2D eigenvalue weighted by Gasteiger charge is -2.37. The van der Waals surface area contributed by atoms with Crippen LogP contribution in [0.15, 0.2) is 0 Å². The van der Waals surface area contributed by atoms with Crippen LogP contribution in [0.1, 0.15) is 19.3 Å². The molecule has 0 radical (unpaired) electrons. The summed E-state index contributed by atoms with van der Waals surface area (Å²) in [6, 6.07) is 0.261. The van der Waals surface area contributed by atoms with Gasteiger partial charge in [-0.2, -0.15) is 0 Å². The molecule has 1 amide bonds. The van der Waals surface area contributed by atoms with Crippen LogP contribution in [0, 0.1) is 0 Å². The van der Waals surface area contributed by atoms with E-state index in [2.05, 4.69) is 15.9 Å². The number of rotatable bonds is 5. The molecule has 4 nitrogen and oxygen atoms in total. The van der Waals surface area contributed by atoms with Crippen molar-refractivity contribution >= 4 is 31.7 Å². The maximum Gasteiger partial charge on any atom is 0.238 e. The smallest absolute Gasteiger partial charge is 0.238 e. The van der Waals surface area contributed by atoms with Crippen molar-refractivity contribution in [3.05, 3.63) is 0 Å². The third kappa shape index (κ3) is 4.10. The molecule has 0 aromatic carbocycles. The average Bonchev–Trinajstić information content (AvgIpc) is 1.96. The molecule has 15 heavy (non-hydrogen) atoms. The molecule has 1 aliphatic rings. The predicted octanol–water partition coefficient (Wildman–Crippen LogP) is 0.807. The highest BCUT2D eigenvalue weighted by Gasteiger charge is 2.29. The Balaban J connectivity index is 2.58. The van der Waals surface area contributed by atoms with Crippen molar-refractivity contribution in [2.45, 2.75) is 25.3 Å². The fourth-order valence-electron chi connectivity index (χ4n) is 1.61. The largest absolute Gasteiger partial charge is 0.338 e. The highest BCUT2D eigenvalue weighted by Crippen LogP contribution is 2.25. The van der Waals surface area contributed by atoms with Gasteiger partial charge < -0.3 is 4.90 Å². The minimum absolute atomic E-state index is 0.261. The first-order valence-corrected chi connectivity index (χ1v) is 8.15. The third-order valence-electron chi connectivity index (χ3n) is 2.55. The summed E-state index contributed by atoms with van der Waals surface area (Å²) in [5.74, 6) is -0.627. The summed E-state index contributed by atoms with van der Waals surface area (Å²) in [6.45, 7) is 0.596. The summed E-state index contributed by atoms with van der Waals surface area (Å²) in [5.41, 5.74) is 0. The molecule has 1 rings (SSSR count). The van der Waals surface area contributed by atoms with E-state index in [4.69, 9.17) is 0 Å². The highest BCUT2D eigenvalue weighted by atomic mass is 79.9. The fraction of sp³-hybridized carbons (Fsp3) is 0.889. The molecule has 0 aromatic heterocycles. The van der Waals surface area contributed by atoms with Gasteiger partial charge in [0.1, 0.15) is 5.75 Å². The van der Waals surface area contributed by atoms with Crippen molar-refractivity contribution in [1.29, 1.82) is 0 Å². The Labute approximate surface area is 99.1 Å². The molecular formula is C9H16BrNO3S. The lowest BCUT2D eigenvalue weighted by Crippen LogP contribution is -2.47. The summed E-state index contributed by atoms with van der Waals surface area (Å²) in [7, 11) is -3.21. The van der Waals surface area contributed by atoms with Gasteiger partial charge in [-0.05, 0) is 19.3 Å². The number of hydrogen-bond donors (Lipinski definition) is 0. The molecule has 0 aromatic rings. The van der Waals surface area contributed by atoms with Crippen LogP contribution in [0.5, 0.6) is 0 Å². The van der Waals surface area contributed by atoms with Crippen LogP contribution < -0.4 is 0 Å². The number of carbonyl (C=O) groups is 1. The number of nitrogens with zero attached hydrogens (tertiary/aromatic N) is 1. The fourth-order valence-corrected chi connectivity index (χ4v) is 2.60. The van der Waals surface area contributed by atoms with Gasteiger partial charge in [-0.15, -0.1) is 0 Å². The van der Waals surface area contributed by atoms with Gasteiger partial charge in [0.05, 0.1) is 0 Å². The minimum Gasteiger partial charge on any atom is -0.338 e. The maximum atomic E-state index is 11.7. The van der Waals surface area contributed by atoms with E-state index in [0.717, 1.165) is 25.5 Å². The summed E-state index contributed by atoms with van der Waals surface area (Å²) in [6.07, 6.45) is 4.23. The number of halogens is 1. The normalized spacial score (nSPS) is 17.2. The first-order valence-electron chi connectivity index (χ1n) is 4.97. The van der Waals surface area contributed by atoms with Gasteiger partial charge in [0.15, 0.2) is 9.84 Å². The lowest BCUT2D eigenvalue weighted by atomic mass is 9.91. The van der Waals surface area contributed by atoms with Gasteiger partial charge in [0.2, 0.25) is 5.91 Å². The van der Waals surface area contributed by atoms with E-state index in [1.54, 1.807) is 4.90 Å². The van der Waals surface area contributed by atoms with Gasteiger partial charge >= 0.3 is 0 Å². The minimum atomic E-state index is -3.21. The molecular weight excluding hydrogens is 282 g/mol. The zero-order valence-corrected chi connectivity index (χ0v) is 11.2. The summed E-state index contributed by atoms with van der Waals surface area (Å²) in [4.78, 5) is 13.4. The first-order chi connectivity index (χ1) is 6.94. The number of alkyl halides is 1. The summed E-state index contributed by atoms with van der Waals surface area (Å²) in [5, 5.41) is 0.693. The van der Waals surface area contributed by atoms with E-state index >= 15 is 0 Å². The van der Waals surface area contributed by atoms with Gasteiger partial charge in [-0.25, -0.2) is 8.42 Å². The second-order valence-corrected chi connectivity index (χ2v) is 6.86. The van der Waals surface area contributed by atoms with Crippen LogP contribution in [0.4, 0.5) is 0 Å². The standard InChI is InChI=1S/C9H16BrNO3S/c1-15(13,14)7-9(12)11(6-5-10)8-3-2-4-8/h8H,2-7H2,1H3. The van der Waals surface area contributed by atoms with Crippen molar-refractivity contribution in [3.63, 3.8) is 0 Å². The molecule has 0 N–H and O–H groups in total. The summed E-state index contributed by atoms with van der Waals surface area (Å²) < 4.78 is 22.0. The van der Waals surface area contributed by atoms with Crippen molar-refractivity contribution in [2.75, 3.05) is 23.9 Å². The van der Waals surface area contributed by atoms with Gasteiger partial charge in [-0.3, -0.25) is 4.79 Å². The molecule has 1 fully saturated rings. The zero-order chi connectivity index (χ0) is 11.5. The van der Waals surface area contributed by atoms with Gasteiger partial charge in [-0.1, -0.05) is 15.9 Å². The third-order valence-corrected chi connectivity index (χ3v) is 3.67. The molecule has 1 aliphatic carbocycles. The maximum absolute atomic E-state index is 11.7. The number of carbonyl (C=O) groups excluding carboxylic acids is 1. The van der Waals surface area contributed by atoms with Crippen LogP contribution in [-0.2, 0) is 14.6 Å². The van der Waals surface area contributed by atoms with Crippen LogP contribution in [0.3, 0.4) is 0 Å². The molecule has 0 bridgehead atoms. The average molecular weight is 298 g/mol. The Morgan fingerprint density at radius 3 is 2.40 bits per heavy atom. The molecule has 0 aliphatic heterocycles. The van der Waals surface area contributed by atoms with Crippen molar-refractivity contribution < 1.29 is 13.2 Å². The van der Waals surface area contributed by atoms with Gasteiger partial charge in [0.25, 0.3) is 0 Å². The van der Waals surface area contributed by atoms with E-state index in [1.165, 1.54) is 0 Å². The molecule has 0 atom stereocenters. The molecule has 6 heteroatoms. The second-order valence-electron chi connectivity index (χ2n) is 3.93.